The summed E-state index contributed by atoms with van der Waals surface area (Å²) in [5, 5.41) is 12.8. The molecule has 0 unspecified atom stereocenters. The molecule has 0 spiro atoms. The first-order chi connectivity index (χ1) is 16.0. The molecule has 164 valence electrons. The number of carbonyl (C=O) groups excluding carboxylic acids is 1. The summed E-state index contributed by atoms with van der Waals surface area (Å²) in [4.78, 5) is 25.6. The van der Waals surface area contributed by atoms with E-state index in [-0.39, 0.29) is 23.1 Å². The molecule has 6 heteroatoms. The molecule has 5 rings (SSSR count). The van der Waals surface area contributed by atoms with Gasteiger partial charge in [-0.05, 0) is 34.7 Å². The van der Waals surface area contributed by atoms with E-state index in [9.17, 15) is 14.7 Å². The van der Waals surface area contributed by atoms with Gasteiger partial charge in [0.25, 0.3) is 0 Å². The van der Waals surface area contributed by atoms with Gasteiger partial charge in [-0.2, -0.15) is 0 Å². The van der Waals surface area contributed by atoms with Crippen LogP contribution in [0.4, 0.5) is 9.80 Å². The van der Waals surface area contributed by atoms with Crippen molar-refractivity contribution in [2.24, 2.45) is 0 Å². The molecule has 1 aromatic heterocycles. The van der Waals surface area contributed by atoms with Gasteiger partial charge < -0.3 is 9.84 Å². The van der Waals surface area contributed by atoms with E-state index in [1.807, 2.05) is 61.5 Å². The van der Waals surface area contributed by atoms with Gasteiger partial charge in [0.05, 0.1) is 0 Å². The highest BCUT2D eigenvalue weighted by atomic mass is 32.1. The van der Waals surface area contributed by atoms with Crippen LogP contribution in [-0.4, -0.2) is 23.8 Å². The normalized spacial score (nSPS) is 12.2. The Hall–Kier alpha value is -3.90. The summed E-state index contributed by atoms with van der Waals surface area (Å²) in [6.07, 6.45) is -0.666. The van der Waals surface area contributed by atoms with Crippen LogP contribution >= 0.6 is 11.3 Å². The largest absolute Gasteiger partial charge is 0.478 e. The first-order valence-electron chi connectivity index (χ1n) is 10.6. The summed E-state index contributed by atoms with van der Waals surface area (Å²) in [5.74, 6) is -1.15. The molecule has 0 aliphatic heterocycles. The van der Waals surface area contributed by atoms with Gasteiger partial charge in [-0.3, -0.25) is 5.32 Å². The number of thiophene rings is 1. The molecule has 2 N–H and O–H groups in total. The Morgan fingerprint density at radius 2 is 1.48 bits per heavy atom. The van der Waals surface area contributed by atoms with Crippen LogP contribution in [0.3, 0.4) is 0 Å². The Balaban J connectivity index is 1.37. The van der Waals surface area contributed by atoms with Gasteiger partial charge in [0.1, 0.15) is 17.2 Å². The Bertz CT molecular complexity index is 1310. The molecule has 0 atom stereocenters. The molecule has 0 fully saturated rings. The Morgan fingerprint density at radius 1 is 0.909 bits per heavy atom. The highest BCUT2D eigenvalue weighted by molar-refractivity contribution is 7.17. The minimum atomic E-state index is -1.09. The van der Waals surface area contributed by atoms with Crippen LogP contribution in [0.5, 0.6) is 0 Å². The summed E-state index contributed by atoms with van der Waals surface area (Å²) in [6.45, 7) is 2.01. The van der Waals surface area contributed by atoms with E-state index in [2.05, 4.69) is 29.6 Å². The van der Waals surface area contributed by atoms with Crippen molar-refractivity contribution in [3.63, 3.8) is 0 Å². The lowest BCUT2D eigenvalue weighted by atomic mass is 9.98. The second-order valence-electron chi connectivity index (χ2n) is 7.86. The molecule has 5 nitrogen and oxygen atoms in total. The van der Waals surface area contributed by atoms with E-state index in [1.54, 1.807) is 0 Å². The third kappa shape index (κ3) is 3.79. The summed E-state index contributed by atoms with van der Waals surface area (Å²) in [5.41, 5.74) is 6.03. The molecular formula is C27H21NO4S. The number of fused-ring (bicyclic) bond motifs is 3. The summed E-state index contributed by atoms with van der Waals surface area (Å²) >= 11 is 1.23. The molecule has 1 aliphatic rings. The molecule has 1 heterocycles. The molecule has 0 saturated heterocycles. The summed E-state index contributed by atoms with van der Waals surface area (Å²) < 4.78 is 5.60. The van der Waals surface area contributed by atoms with Crippen molar-refractivity contribution in [2.45, 2.75) is 12.8 Å². The molecule has 0 bridgehead atoms. The van der Waals surface area contributed by atoms with Crippen LogP contribution < -0.4 is 5.32 Å². The molecule has 1 amide bonds. The lowest BCUT2D eigenvalue weighted by molar-refractivity contribution is 0.0699. The molecule has 1 aliphatic carbocycles. The quantitative estimate of drug-likeness (QED) is 0.348. The van der Waals surface area contributed by atoms with E-state index in [4.69, 9.17) is 4.74 Å². The van der Waals surface area contributed by atoms with Gasteiger partial charge in [0.2, 0.25) is 0 Å². The Kier molecular flexibility index (Phi) is 5.44. The molecule has 0 radical (unpaired) electrons. The van der Waals surface area contributed by atoms with E-state index in [0.717, 1.165) is 32.7 Å². The van der Waals surface area contributed by atoms with E-state index in [0.29, 0.717) is 5.56 Å². The maximum Gasteiger partial charge on any atom is 0.412 e. The van der Waals surface area contributed by atoms with Gasteiger partial charge in [-0.15, -0.1) is 11.3 Å². The second-order valence-corrected chi connectivity index (χ2v) is 9.08. The fourth-order valence-corrected chi connectivity index (χ4v) is 5.57. The number of hydrogen-bond donors (Lipinski definition) is 2. The van der Waals surface area contributed by atoms with Crippen LogP contribution in [0.15, 0.2) is 78.9 Å². The van der Waals surface area contributed by atoms with E-state index < -0.39 is 12.1 Å². The van der Waals surface area contributed by atoms with Gasteiger partial charge in [-0.25, -0.2) is 9.59 Å². The average molecular weight is 456 g/mol. The lowest BCUT2D eigenvalue weighted by Gasteiger charge is -2.14. The predicted molar refractivity (Wildman–Crippen MR) is 130 cm³/mol. The number of aromatic carboxylic acids is 1. The first-order valence-corrected chi connectivity index (χ1v) is 11.4. The number of amides is 1. The fraction of sp³-hybridized carbons (Fsp3) is 0.111. The van der Waals surface area contributed by atoms with Crippen molar-refractivity contribution >= 4 is 28.4 Å². The fourth-order valence-electron chi connectivity index (χ4n) is 4.52. The highest BCUT2D eigenvalue weighted by Crippen LogP contribution is 2.45. The van der Waals surface area contributed by atoms with Crippen LogP contribution in [-0.2, 0) is 4.74 Å². The zero-order chi connectivity index (χ0) is 22.9. The van der Waals surface area contributed by atoms with Crippen LogP contribution in [0, 0.1) is 6.92 Å². The van der Waals surface area contributed by atoms with Crippen LogP contribution in [0.1, 0.15) is 32.3 Å². The number of anilines is 1. The topological polar surface area (TPSA) is 75.6 Å². The van der Waals surface area contributed by atoms with Crippen molar-refractivity contribution < 1.29 is 19.4 Å². The average Bonchev–Trinajstić information content (AvgIpc) is 3.32. The minimum absolute atomic E-state index is 0.0629. The lowest BCUT2D eigenvalue weighted by Crippen LogP contribution is -2.18. The predicted octanol–water partition coefficient (Wildman–Crippen LogP) is 6.78. The maximum atomic E-state index is 12.7. The van der Waals surface area contributed by atoms with Crippen LogP contribution in [0.2, 0.25) is 0 Å². The standard InChI is InChI=1S/C27H21NO4S/c1-16-23(17-9-3-2-4-10-17)24(26(29)30)25(33-16)28-27(31)32-15-22-20-13-7-5-11-18(20)19-12-6-8-14-21(19)22/h2-14,22H,15H2,1H3,(H,28,31)(H,29,30). The van der Waals surface area contributed by atoms with Crippen molar-refractivity contribution in [3.8, 4) is 22.3 Å². The Morgan fingerprint density at radius 3 is 2.09 bits per heavy atom. The monoisotopic (exact) mass is 455 g/mol. The van der Waals surface area contributed by atoms with Crippen molar-refractivity contribution in [1.82, 2.24) is 0 Å². The molecule has 4 aromatic rings. The molecule has 3 aromatic carbocycles. The number of hydrogen-bond acceptors (Lipinski definition) is 4. The molecule has 0 saturated carbocycles. The number of benzene rings is 3. The van der Waals surface area contributed by atoms with Crippen molar-refractivity contribution in [2.75, 3.05) is 11.9 Å². The number of carboxylic acid groups (broad SMARTS) is 1. The second kappa shape index (κ2) is 8.56. The maximum absolute atomic E-state index is 12.7. The number of carbonyl (C=O) groups is 2. The van der Waals surface area contributed by atoms with Gasteiger partial charge >= 0.3 is 12.1 Å². The van der Waals surface area contributed by atoms with Gasteiger partial charge in [0.15, 0.2) is 0 Å². The van der Waals surface area contributed by atoms with Crippen molar-refractivity contribution in [3.05, 3.63) is 100 Å². The smallest absolute Gasteiger partial charge is 0.412 e. The zero-order valence-corrected chi connectivity index (χ0v) is 18.7. The number of aryl methyl sites for hydroxylation is 1. The van der Waals surface area contributed by atoms with Crippen molar-refractivity contribution in [1.29, 1.82) is 0 Å². The van der Waals surface area contributed by atoms with Gasteiger partial charge in [0, 0.05) is 16.4 Å². The summed E-state index contributed by atoms with van der Waals surface area (Å²) in [6, 6.07) is 25.5. The third-order valence-corrected chi connectivity index (χ3v) is 6.94. The number of carboxylic acids is 1. The van der Waals surface area contributed by atoms with Crippen LogP contribution in [0.25, 0.3) is 22.3 Å². The first kappa shape index (κ1) is 21.0. The zero-order valence-electron chi connectivity index (χ0n) is 17.9. The number of ether oxygens (including phenoxy) is 1. The third-order valence-electron chi connectivity index (χ3n) is 5.92. The van der Waals surface area contributed by atoms with E-state index in [1.165, 1.54) is 11.3 Å². The van der Waals surface area contributed by atoms with E-state index >= 15 is 0 Å². The SMILES string of the molecule is Cc1sc(NC(=O)OCC2c3ccccc3-c3ccccc32)c(C(=O)O)c1-c1ccccc1. The highest BCUT2D eigenvalue weighted by Gasteiger charge is 2.30. The number of rotatable bonds is 5. The number of nitrogens with one attached hydrogen (secondary N) is 1. The minimum Gasteiger partial charge on any atom is -0.478 e. The molecule has 33 heavy (non-hydrogen) atoms. The molecular weight excluding hydrogens is 434 g/mol. The summed E-state index contributed by atoms with van der Waals surface area (Å²) in [7, 11) is 0. The Labute approximate surface area is 195 Å². The van der Waals surface area contributed by atoms with Gasteiger partial charge in [-0.1, -0.05) is 78.9 Å².